The minimum absolute atomic E-state index is 0.0408. The number of carbonyl (C=O) groups is 1. The van der Waals surface area contributed by atoms with Crippen molar-refractivity contribution in [2.75, 3.05) is 4.90 Å². The van der Waals surface area contributed by atoms with Crippen LogP contribution in [0.4, 0.5) is 11.4 Å². The van der Waals surface area contributed by atoms with Crippen molar-refractivity contribution in [1.29, 1.82) is 0 Å². The Labute approximate surface area is 167 Å². The van der Waals surface area contributed by atoms with Crippen molar-refractivity contribution >= 4 is 28.8 Å². The number of para-hydroxylation sites is 2. The van der Waals surface area contributed by atoms with Gasteiger partial charge in [0.1, 0.15) is 12.3 Å². The first kappa shape index (κ1) is 18.3. The van der Waals surface area contributed by atoms with E-state index in [9.17, 15) is 14.9 Å². The van der Waals surface area contributed by atoms with E-state index >= 15 is 0 Å². The molecule has 0 spiro atoms. The molecular formula is C23H17N3O3. The molecule has 4 rings (SSSR count). The van der Waals surface area contributed by atoms with E-state index in [0.717, 1.165) is 17.5 Å². The Hall–Kier alpha value is -4.06. The maximum Gasteiger partial charge on any atom is 0.276 e. The second-order valence-electron chi connectivity index (χ2n) is 6.50. The maximum atomic E-state index is 12.2. The largest absolute Gasteiger partial charge is 0.333 e. The van der Waals surface area contributed by atoms with Crippen molar-refractivity contribution in [3.05, 3.63) is 113 Å². The molecular weight excluding hydrogens is 366 g/mol. The van der Waals surface area contributed by atoms with Crippen LogP contribution in [0.3, 0.4) is 0 Å². The molecule has 0 saturated heterocycles. The average Bonchev–Trinajstić information content (AvgIpc) is 2.79. The van der Waals surface area contributed by atoms with Crippen LogP contribution < -0.4 is 4.90 Å². The molecule has 1 unspecified atom stereocenters. The molecule has 0 amide bonds. The highest BCUT2D eigenvalue weighted by molar-refractivity contribution is 5.99. The van der Waals surface area contributed by atoms with Gasteiger partial charge in [-0.3, -0.25) is 15.1 Å². The van der Waals surface area contributed by atoms with Gasteiger partial charge in [0, 0.05) is 29.7 Å². The Morgan fingerprint density at radius 3 is 2.38 bits per heavy atom. The summed E-state index contributed by atoms with van der Waals surface area (Å²) < 4.78 is 0. The van der Waals surface area contributed by atoms with Gasteiger partial charge in [-0.15, -0.1) is 0 Å². The number of anilines is 1. The normalized spacial score (nSPS) is 16.0. The second-order valence-corrected chi connectivity index (χ2v) is 6.50. The van der Waals surface area contributed by atoms with Crippen molar-refractivity contribution in [1.82, 2.24) is 4.98 Å². The SMILES string of the molecule is O=CC1C(c2ccccc2[N+](=O)[O-])=CC(c2ccccn2)=CN1c1ccccc1. The van der Waals surface area contributed by atoms with Crippen molar-refractivity contribution in [2.24, 2.45) is 0 Å². The number of carbonyl (C=O) groups excluding carboxylic acids is 1. The highest BCUT2D eigenvalue weighted by Gasteiger charge is 2.30. The molecule has 1 aromatic heterocycles. The summed E-state index contributed by atoms with van der Waals surface area (Å²) in [6.45, 7) is 0. The van der Waals surface area contributed by atoms with Gasteiger partial charge in [0.05, 0.1) is 16.2 Å². The molecule has 0 saturated carbocycles. The van der Waals surface area contributed by atoms with Crippen LogP contribution in [0, 0.1) is 10.1 Å². The van der Waals surface area contributed by atoms with Gasteiger partial charge < -0.3 is 9.69 Å². The third kappa shape index (κ3) is 3.55. The van der Waals surface area contributed by atoms with E-state index in [0.29, 0.717) is 16.8 Å². The molecule has 3 aromatic rings. The predicted octanol–water partition coefficient (Wildman–Crippen LogP) is 4.50. The summed E-state index contributed by atoms with van der Waals surface area (Å²) in [5.74, 6) is 0. The number of aldehydes is 1. The van der Waals surface area contributed by atoms with Crippen molar-refractivity contribution in [2.45, 2.75) is 6.04 Å². The van der Waals surface area contributed by atoms with E-state index in [1.807, 2.05) is 65.7 Å². The molecule has 6 nitrogen and oxygen atoms in total. The van der Waals surface area contributed by atoms with Gasteiger partial charge in [0.2, 0.25) is 0 Å². The fourth-order valence-corrected chi connectivity index (χ4v) is 3.43. The topological polar surface area (TPSA) is 76.3 Å². The molecule has 1 atom stereocenters. The van der Waals surface area contributed by atoms with Crippen LogP contribution in [0.1, 0.15) is 11.3 Å². The van der Waals surface area contributed by atoms with Crippen LogP contribution >= 0.6 is 0 Å². The summed E-state index contributed by atoms with van der Waals surface area (Å²) in [6.07, 6.45) is 6.16. The third-order valence-electron chi connectivity index (χ3n) is 4.76. The Kier molecular flexibility index (Phi) is 4.99. The summed E-state index contributed by atoms with van der Waals surface area (Å²) >= 11 is 0. The fraction of sp³-hybridized carbons (Fsp3) is 0.0435. The van der Waals surface area contributed by atoms with Gasteiger partial charge in [-0.05, 0) is 42.0 Å². The number of nitrogens with zero attached hydrogens (tertiary/aromatic N) is 3. The van der Waals surface area contributed by atoms with E-state index in [2.05, 4.69) is 4.98 Å². The van der Waals surface area contributed by atoms with Crippen LogP contribution in [0.5, 0.6) is 0 Å². The number of rotatable bonds is 5. The van der Waals surface area contributed by atoms with E-state index in [-0.39, 0.29) is 5.69 Å². The Morgan fingerprint density at radius 1 is 0.966 bits per heavy atom. The molecule has 29 heavy (non-hydrogen) atoms. The number of nitro benzene ring substituents is 1. The number of benzene rings is 2. The molecule has 0 aliphatic carbocycles. The van der Waals surface area contributed by atoms with Crippen molar-refractivity contribution in [3.63, 3.8) is 0 Å². The summed E-state index contributed by atoms with van der Waals surface area (Å²) in [5, 5.41) is 11.6. The summed E-state index contributed by atoms with van der Waals surface area (Å²) in [4.78, 5) is 29.6. The Bertz CT molecular complexity index is 1110. The van der Waals surface area contributed by atoms with Gasteiger partial charge >= 0.3 is 0 Å². The fourth-order valence-electron chi connectivity index (χ4n) is 3.43. The van der Waals surface area contributed by atoms with E-state index in [1.54, 1.807) is 24.4 Å². The number of aromatic nitrogens is 1. The molecule has 0 fully saturated rings. The lowest BCUT2D eigenvalue weighted by Gasteiger charge is -2.33. The summed E-state index contributed by atoms with van der Waals surface area (Å²) in [6, 6.07) is 20.8. The van der Waals surface area contributed by atoms with Crippen molar-refractivity contribution < 1.29 is 9.72 Å². The second kappa shape index (κ2) is 7.90. The highest BCUT2D eigenvalue weighted by atomic mass is 16.6. The summed E-state index contributed by atoms with van der Waals surface area (Å²) in [7, 11) is 0. The molecule has 0 radical (unpaired) electrons. The lowest BCUT2D eigenvalue weighted by molar-refractivity contribution is -0.385. The van der Waals surface area contributed by atoms with Gasteiger partial charge in [0.25, 0.3) is 5.69 Å². The molecule has 1 aliphatic rings. The van der Waals surface area contributed by atoms with E-state index < -0.39 is 11.0 Å². The van der Waals surface area contributed by atoms with Crippen LogP contribution in [-0.2, 0) is 4.79 Å². The molecule has 2 aromatic carbocycles. The smallest absolute Gasteiger partial charge is 0.276 e. The van der Waals surface area contributed by atoms with Gasteiger partial charge in [-0.1, -0.05) is 36.4 Å². The lowest BCUT2D eigenvalue weighted by atomic mass is 9.90. The number of pyridine rings is 1. The summed E-state index contributed by atoms with van der Waals surface area (Å²) in [5.41, 5.74) is 3.22. The van der Waals surface area contributed by atoms with E-state index in [4.69, 9.17) is 0 Å². The van der Waals surface area contributed by atoms with E-state index in [1.165, 1.54) is 6.07 Å². The lowest BCUT2D eigenvalue weighted by Crippen LogP contribution is -2.35. The number of nitro groups is 1. The number of hydrogen-bond donors (Lipinski definition) is 0. The first-order valence-corrected chi connectivity index (χ1v) is 9.06. The molecule has 6 heteroatoms. The van der Waals surface area contributed by atoms with Crippen LogP contribution in [-0.4, -0.2) is 22.2 Å². The highest BCUT2D eigenvalue weighted by Crippen LogP contribution is 2.37. The first-order chi connectivity index (χ1) is 14.2. The molecule has 2 heterocycles. The van der Waals surface area contributed by atoms with Gasteiger partial charge in [-0.2, -0.15) is 0 Å². The number of allylic oxidation sites excluding steroid dienone is 2. The first-order valence-electron chi connectivity index (χ1n) is 9.06. The van der Waals surface area contributed by atoms with Gasteiger partial charge in [-0.25, -0.2) is 0 Å². The quantitative estimate of drug-likeness (QED) is 0.368. The zero-order chi connectivity index (χ0) is 20.2. The number of hydrogen-bond acceptors (Lipinski definition) is 5. The monoisotopic (exact) mass is 383 g/mol. The Morgan fingerprint density at radius 2 is 1.69 bits per heavy atom. The van der Waals surface area contributed by atoms with Gasteiger partial charge in [0.15, 0.2) is 0 Å². The minimum atomic E-state index is -0.703. The third-order valence-corrected chi connectivity index (χ3v) is 4.76. The molecule has 1 aliphatic heterocycles. The average molecular weight is 383 g/mol. The zero-order valence-electron chi connectivity index (χ0n) is 15.4. The maximum absolute atomic E-state index is 12.2. The van der Waals surface area contributed by atoms with Crippen LogP contribution in [0.25, 0.3) is 11.1 Å². The van der Waals surface area contributed by atoms with Crippen molar-refractivity contribution in [3.8, 4) is 0 Å². The molecule has 142 valence electrons. The molecule has 0 N–H and O–H groups in total. The molecule has 0 bridgehead atoms. The van der Waals surface area contributed by atoms with Crippen LogP contribution in [0.2, 0.25) is 0 Å². The standard InChI is InChI=1S/C23H17N3O3/c27-16-23-20(19-10-4-5-12-22(19)26(28)29)14-17(21-11-6-7-13-24-21)15-25(23)18-8-2-1-3-9-18/h1-16,23H. The van der Waals surface area contributed by atoms with Crippen LogP contribution in [0.15, 0.2) is 91.3 Å². The zero-order valence-corrected chi connectivity index (χ0v) is 15.4. The Balaban J connectivity index is 1.93. The predicted molar refractivity (Wildman–Crippen MR) is 112 cm³/mol. The minimum Gasteiger partial charge on any atom is -0.333 e.